The molecule has 0 aromatic carbocycles. The van der Waals surface area contributed by atoms with Crippen LogP contribution in [0.15, 0.2) is 22.8 Å². The Labute approximate surface area is 214 Å². The van der Waals surface area contributed by atoms with E-state index in [0.717, 1.165) is 70.3 Å². The van der Waals surface area contributed by atoms with Gasteiger partial charge in [-0.15, -0.1) is 0 Å². The number of nitrogens with zero attached hydrogens (tertiary/aromatic N) is 4. The summed E-state index contributed by atoms with van der Waals surface area (Å²) in [5, 5.41) is 3.36. The fraction of sp³-hybridized carbons (Fsp3) is 0.714. The molecule has 0 radical (unpaired) electrons. The first kappa shape index (κ1) is 25.3. The van der Waals surface area contributed by atoms with Crippen LogP contribution in [0.4, 0.5) is 0 Å². The normalized spacial score (nSPS) is 24.7. The Bertz CT molecular complexity index is 1040. The van der Waals surface area contributed by atoms with Gasteiger partial charge in [0.2, 0.25) is 5.91 Å². The summed E-state index contributed by atoms with van der Waals surface area (Å²) in [7, 11) is 0. The van der Waals surface area contributed by atoms with Crippen LogP contribution in [-0.2, 0) is 11.3 Å². The molecule has 2 aromatic rings. The maximum Gasteiger partial charge on any atom is 0.271 e. The van der Waals surface area contributed by atoms with E-state index < -0.39 is 5.54 Å². The van der Waals surface area contributed by atoms with Gasteiger partial charge in [-0.05, 0) is 45.7 Å². The maximum absolute atomic E-state index is 13.9. The van der Waals surface area contributed by atoms with Gasteiger partial charge in [0.1, 0.15) is 11.2 Å². The van der Waals surface area contributed by atoms with E-state index in [1.807, 2.05) is 28.5 Å². The summed E-state index contributed by atoms with van der Waals surface area (Å²) < 4.78 is 7.59. The molecule has 1 aliphatic carbocycles. The first-order valence-electron chi connectivity index (χ1n) is 14.1. The molecule has 0 bridgehead atoms. The van der Waals surface area contributed by atoms with Crippen molar-refractivity contribution in [2.75, 3.05) is 45.8 Å². The Kier molecular flexibility index (Phi) is 7.72. The predicted molar refractivity (Wildman–Crippen MR) is 141 cm³/mol. The van der Waals surface area contributed by atoms with E-state index in [9.17, 15) is 9.59 Å². The van der Waals surface area contributed by atoms with Gasteiger partial charge in [-0.2, -0.15) is 0 Å². The first-order valence-corrected chi connectivity index (χ1v) is 14.1. The van der Waals surface area contributed by atoms with Crippen LogP contribution in [-0.4, -0.2) is 88.5 Å². The van der Waals surface area contributed by atoms with Gasteiger partial charge < -0.3 is 29.0 Å². The number of aromatic nitrogens is 1. The quantitative estimate of drug-likeness (QED) is 0.563. The van der Waals surface area contributed by atoms with Crippen molar-refractivity contribution in [1.29, 1.82) is 0 Å². The third-order valence-electron chi connectivity index (χ3n) is 8.59. The number of carbonyl (C=O) groups excluding carboxylic acids is 2. The van der Waals surface area contributed by atoms with Crippen molar-refractivity contribution >= 4 is 22.9 Å². The van der Waals surface area contributed by atoms with Crippen LogP contribution < -0.4 is 5.32 Å². The van der Waals surface area contributed by atoms with E-state index in [4.69, 9.17) is 4.42 Å². The molecule has 3 aliphatic rings. The highest BCUT2D eigenvalue weighted by molar-refractivity contribution is 6.02. The number of fused-ring (bicyclic) bond motifs is 3. The Morgan fingerprint density at radius 2 is 1.75 bits per heavy atom. The molecule has 2 amide bonds. The topological polar surface area (TPSA) is 74.0 Å². The van der Waals surface area contributed by atoms with E-state index >= 15 is 0 Å². The Hall–Kier alpha value is -2.32. The molecule has 36 heavy (non-hydrogen) atoms. The second-order valence-electron chi connectivity index (χ2n) is 11.2. The minimum atomic E-state index is -0.931. The minimum absolute atomic E-state index is 0.0214. The summed E-state index contributed by atoms with van der Waals surface area (Å²) in [5.74, 6) is -0.0918. The monoisotopic (exact) mass is 497 g/mol. The zero-order valence-electron chi connectivity index (χ0n) is 22.1. The highest BCUT2D eigenvalue weighted by atomic mass is 16.3. The zero-order chi connectivity index (χ0) is 25.1. The van der Waals surface area contributed by atoms with E-state index in [1.54, 1.807) is 6.26 Å². The number of furan rings is 1. The molecule has 2 fully saturated rings. The average molecular weight is 498 g/mol. The second-order valence-corrected chi connectivity index (χ2v) is 11.2. The van der Waals surface area contributed by atoms with Crippen LogP contribution >= 0.6 is 0 Å². The molecule has 2 aromatic heterocycles. The van der Waals surface area contributed by atoms with Gasteiger partial charge in [0.25, 0.3) is 5.91 Å². The molecule has 4 heterocycles. The number of rotatable bonds is 8. The average Bonchev–Trinajstić information content (AvgIpc) is 3.37. The number of piperazine rings is 1. The molecular weight excluding hydrogens is 454 g/mol. The van der Waals surface area contributed by atoms with Crippen LogP contribution in [0.5, 0.6) is 0 Å². The Morgan fingerprint density at radius 1 is 1.06 bits per heavy atom. The van der Waals surface area contributed by atoms with Crippen LogP contribution in [0.3, 0.4) is 0 Å². The smallest absolute Gasteiger partial charge is 0.271 e. The van der Waals surface area contributed by atoms with Crippen LogP contribution in [0, 0.1) is 0 Å². The van der Waals surface area contributed by atoms with Crippen molar-refractivity contribution in [3.8, 4) is 0 Å². The molecule has 2 aliphatic heterocycles. The molecule has 0 unspecified atom stereocenters. The number of nitrogens with one attached hydrogen (secondary N) is 1. The van der Waals surface area contributed by atoms with E-state index in [1.165, 1.54) is 25.8 Å². The van der Waals surface area contributed by atoms with Gasteiger partial charge in [-0.3, -0.25) is 9.59 Å². The molecule has 198 valence electrons. The lowest BCUT2D eigenvalue weighted by atomic mass is 9.93. The van der Waals surface area contributed by atoms with Gasteiger partial charge in [0.05, 0.1) is 18.3 Å². The highest BCUT2D eigenvalue weighted by Crippen LogP contribution is 2.33. The minimum Gasteiger partial charge on any atom is -0.463 e. The molecule has 1 saturated heterocycles. The number of hydrogen-bond acceptors (Lipinski definition) is 5. The van der Waals surface area contributed by atoms with Crippen LogP contribution in [0.1, 0.15) is 75.7 Å². The molecular formula is C28H43N5O3. The predicted octanol–water partition coefficient (Wildman–Crippen LogP) is 3.71. The van der Waals surface area contributed by atoms with Crippen molar-refractivity contribution < 1.29 is 14.0 Å². The summed E-state index contributed by atoms with van der Waals surface area (Å²) in [6, 6.07) is 3.93. The third kappa shape index (κ3) is 5.07. The van der Waals surface area contributed by atoms with Gasteiger partial charge in [0, 0.05) is 50.9 Å². The molecule has 8 nitrogen and oxygen atoms in total. The molecule has 0 spiro atoms. The molecule has 1 atom stereocenters. The lowest BCUT2D eigenvalue weighted by Gasteiger charge is -2.45. The van der Waals surface area contributed by atoms with E-state index in [-0.39, 0.29) is 17.9 Å². The second kappa shape index (κ2) is 11.0. The van der Waals surface area contributed by atoms with Crippen molar-refractivity contribution in [3.05, 3.63) is 24.1 Å². The molecule has 5 rings (SSSR count). The van der Waals surface area contributed by atoms with Gasteiger partial charge in [-0.25, -0.2) is 0 Å². The summed E-state index contributed by atoms with van der Waals surface area (Å²) >= 11 is 0. The summed E-state index contributed by atoms with van der Waals surface area (Å²) in [6.45, 7) is 11.7. The largest absolute Gasteiger partial charge is 0.463 e. The standard InChI is InChI=1S/C28H43N5O3/c1-3-12-30-15-17-31(18-16-30)13-8-14-33-26(34)24-20-25-23(11-19-36-25)32(24)21-28(33,2)27(35)29-22-9-6-4-5-7-10-22/h11,19-20,22H,3-10,12-18,21H2,1-2H3,(H,29,35)/t28-/m1/s1. The summed E-state index contributed by atoms with van der Waals surface area (Å²) in [4.78, 5) is 34.6. The molecule has 1 saturated carbocycles. The van der Waals surface area contributed by atoms with E-state index in [2.05, 4.69) is 22.0 Å². The number of carbonyl (C=O) groups is 2. The fourth-order valence-electron chi connectivity index (χ4n) is 6.39. The van der Waals surface area contributed by atoms with Crippen molar-refractivity contribution in [1.82, 2.24) is 24.6 Å². The molecule has 1 N–H and O–H groups in total. The maximum atomic E-state index is 13.9. The van der Waals surface area contributed by atoms with Gasteiger partial charge in [-0.1, -0.05) is 32.6 Å². The van der Waals surface area contributed by atoms with Crippen LogP contribution in [0.25, 0.3) is 11.1 Å². The lowest BCUT2D eigenvalue weighted by molar-refractivity contribution is -0.133. The fourth-order valence-corrected chi connectivity index (χ4v) is 6.39. The van der Waals surface area contributed by atoms with Crippen LogP contribution in [0.2, 0.25) is 0 Å². The number of amides is 2. The van der Waals surface area contributed by atoms with Crippen molar-refractivity contribution in [2.45, 2.75) is 83.3 Å². The summed E-state index contributed by atoms with van der Waals surface area (Å²) in [5.41, 5.74) is 1.28. The first-order chi connectivity index (χ1) is 17.5. The van der Waals surface area contributed by atoms with Crippen molar-refractivity contribution in [3.63, 3.8) is 0 Å². The summed E-state index contributed by atoms with van der Waals surface area (Å²) in [6.07, 6.45) is 10.6. The molecule has 8 heteroatoms. The lowest BCUT2D eigenvalue weighted by Crippen LogP contribution is -2.65. The van der Waals surface area contributed by atoms with Gasteiger partial charge >= 0.3 is 0 Å². The number of hydrogen-bond donors (Lipinski definition) is 1. The Morgan fingerprint density at radius 3 is 2.44 bits per heavy atom. The van der Waals surface area contributed by atoms with Crippen molar-refractivity contribution in [2.24, 2.45) is 0 Å². The SMILES string of the molecule is CCCN1CCN(CCCN2C(=O)c3cc4occc4n3C[C@]2(C)C(=O)NC2CCCCCC2)CC1. The van der Waals surface area contributed by atoms with Gasteiger partial charge in [0.15, 0.2) is 5.58 Å². The van der Waals surface area contributed by atoms with E-state index in [0.29, 0.717) is 24.4 Å². The Balaban J connectivity index is 1.31. The third-order valence-corrected chi connectivity index (χ3v) is 8.59. The highest BCUT2D eigenvalue weighted by Gasteiger charge is 2.48. The zero-order valence-corrected chi connectivity index (χ0v) is 22.1.